The van der Waals surface area contributed by atoms with Gasteiger partial charge in [0.15, 0.2) is 5.16 Å². The highest BCUT2D eigenvalue weighted by Gasteiger charge is 2.08. The average molecular weight is 288 g/mol. The van der Waals surface area contributed by atoms with Crippen LogP contribution in [0.1, 0.15) is 13.8 Å². The van der Waals surface area contributed by atoms with E-state index in [1.807, 2.05) is 26.2 Å². The van der Waals surface area contributed by atoms with Crippen molar-refractivity contribution in [2.45, 2.75) is 24.3 Å². The summed E-state index contributed by atoms with van der Waals surface area (Å²) in [6.07, 6.45) is 3.66. The van der Waals surface area contributed by atoms with E-state index in [0.29, 0.717) is 6.54 Å². The highest BCUT2D eigenvalue weighted by Crippen LogP contribution is 2.17. The summed E-state index contributed by atoms with van der Waals surface area (Å²) in [5.74, 6) is 1.58. The van der Waals surface area contributed by atoms with Gasteiger partial charge in [0.2, 0.25) is 0 Å². The highest BCUT2D eigenvalue weighted by atomic mass is 32.2. The average Bonchev–Trinajstić information content (AvgIpc) is 2.35. The summed E-state index contributed by atoms with van der Waals surface area (Å²) >= 11 is 1.50. The number of hydrogen-bond acceptors (Lipinski definition) is 6. The maximum atomic E-state index is 11.3. The van der Waals surface area contributed by atoms with Crippen LogP contribution < -0.4 is 10.6 Å². The van der Waals surface area contributed by atoms with E-state index in [4.69, 9.17) is 0 Å². The Balaban J connectivity index is 2.74. The molecule has 0 amide bonds. The first-order valence-electron chi connectivity index (χ1n) is 5.79. The molecule has 1 aromatic heterocycles. The Morgan fingerprint density at radius 1 is 1.39 bits per heavy atom. The Hall–Kier alpha value is -0.820. The molecule has 2 unspecified atom stereocenters. The molecular weight excluding hydrogens is 268 g/mol. The standard InChI is InChI=1S/C11H20N4OS2/c1-5-12-9-6-10(15-11(14-9)17-3)13-7-8(2)18(4)16/h6,8H,5,7H2,1-4H3,(H2,12,13,14,15). The van der Waals surface area contributed by atoms with Gasteiger partial charge in [0.25, 0.3) is 0 Å². The predicted molar refractivity (Wildman–Crippen MR) is 80.0 cm³/mol. The zero-order chi connectivity index (χ0) is 13.5. The minimum Gasteiger partial charge on any atom is -0.370 e. The molecule has 0 saturated carbocycles. The topological polar surface area (TPSA) is 66.9 Å². The molecule has 0 saturated heterocycles. The van der Waals surface area contributed by atoms with Crippen LogP contribution in [0.5, 0.6) is 0 Å². The molecule has 2 N–H and O–H groups in total. The number of hydrogen-bond donors (Lipinski definition) is 2. The summed E-state index contributed by atoms with van der Waals surface area (Å²) in [6, 6.07) is 1.87. The van der Waals surface area contributed by atoms with Crippen LogP contribution in [0.4, 0.5) is 11.6 Å². The number of anilines is 2. The van der Waals surface area contributed by atoms with Crippen molar-refractivity contribution in [2.24, 2.45) is 0 Å². The molecule has 102 valence electrons. The molecule has 5 nitrogen and oxygen atoms in total. The molecule has 0 fully saturated rings. The Kier molecular flexibility index (Phi) is 6.42. The van der Waals surface area contributed by atoms with Crippen LogP contribution in [-0.2, 0) is 10.8 Å². The quantitative estimate of drug-likeness (QED) is 0.589. The van der Waals surface area contributed by atoms with Gasteiger partial charge in [-0.1, -0.05) is 11.8 Å². The Morgan fingerprint density at radius 2 is 2.00 bits per heavy atom. The van der Waals surface area contributed by atoms with E-state index in [1.165, 1.54) is 11.8 Å². The lowest BCUT2D eigenvalue weighted by Crippen LogP contribution is -2.21. The third-order valence-electron chi connectivity index (χ3n) is 2.38. The third-order valence-corrected chi connectivity index (χ3v) is 4.23. The maximum absolute atomic E-state index is 11.3. The Labute approximate surface area is 115 Å². The fraction of sp³-hybridized carbons (Fsp3) is 0.636. The van der Waals surface area contributed by atoms with Crippen LogP contribution in [0.3, 0.4) is 0 Å². The second kappa shape index (κ2) is 7.58. The first kappa shape index (κ1) is 15.2. The van der Waals surface area contributed by atoms with Crippen LogP contribution in [0, 0.1) is 0 Å². The fourth-order valence-electron chi connectivity index (χ4n) is 1.24. The highest BCUT2D eigenvalue weighted by molar-refractivity contribution is 7.98. The molecule has 2 atom stereocenters. The predicted octanol–water partition coefficient (Wildman–Crippen LogP) is 1.81. The smallest absolute Gasteiger partial charge is 0.191 e. The summed E-state index contributed by atoms with van der Waals surface area (Å²) in [5.41, 5.74) is 0. The molecule has 1 aromatic rings. The minimum absolute atomic E-state index is 0.0975. The van der Waals surface area contributed by atoms with Gasteiger partial charge in [0.05, 0.1) is 0 Å². The molecule has 1 heterocycles. The van der Waals surface area contributed by atoms with Crippen molar-refractivity contribution in [3.63, 3.8) is 0 Å². The van der Waals surface area contributed by atoms with Crippen LogP contribution in [-0.4, -0.2) is 45.0 Å². The second-order valence-corrected chi connectivity index (χ2v) is 6.42. The number of rotatable bonds is 7. The Morgan fingerprint density at radius 3 is 2.50 bits per heavy atom. The lowest BCUT2D eigenvalue weighted by molar-refractivity contribution is 0.678. The molecule has 0 aliphatic carbocycles. The maximum Gasteiger partial charge on any atom is 0.191 e. The van der Waals surface area contributed by atoms with Crippen molar-refractivity contribution in [1.29, 1.82) is 0 Å². The largest absolute Gasteiger partial charge is 0.370 e. The normalized spacial score (nSPS) is 14.0. The van der Waals surface area contributed by atoms with Gasteiger partial charge in [-0.3, -0.25) is 4.21 Å². The van der Waals surface area contributed by atoms with Crippen molar-refractivity contribution in [3.8, 4) is 0 Å². The first-order chi connectivity index (χ1) is 8.56. The number of nitrogens with zero attached hydrogens (tertiary/aromatic N) is 2. The zero-order valence-corrected chi connectivity index (χ0v) is 12.8. The van der Waals surface area contributed by atoms with Gasteiger partial charge in [0, 0.05) is 41.5 Å². The molecule has 0 bridgehead atoms. The second-order valence-electron chi connectivity index (χ2n) is 3.85. The summed E-state index contributed by atoms with van der Waals surface area (Å²) in [5, 5.41) is 7.19. The molecule has 7 heteroatoms. The SMILES string of the molecule is CCNc1cc(NCC(C)S(C)=O)nc(SC)n1. The molecule has 18 heavy (non-hydrogen) atoms. The Bertz CT molecular complexity index is 414. The van der Waals surface area contributed by atoms with Crippen LogP contribution in [0.25, 0.3) is 0 Å². The lowest BCUT2D eigenvalue weighted by Gasteiger charge is -2.12. The number of nitrogens with one attached hydrogen (secondary N) is 2. The van der Waals surface area contributed by atoms with Gasteiger partial charge in [-0.2, -0.15) is 0 Å². The molecule has 0 aliphatic rings. The van der Waals surface area contributed by atoms with Crippen molar-refractivity contribution in [2.75, 3.05) is 36.2 Å². The van der Waals surface area contributed by atoms with Crippen LogP contribution >= 0.6 is 11.8 Å². The molecule has 0 aliphatic heterocycles. The van der Waals surface area contributed by atoms with Gasteiger partial charge in [-0.05, 0) is 20.1 Å². The fourth-order valence-corrected chi connectivity index (χ4v) is 1.94. The van der Waals surface area contributed by atoms with Gasteiger partial charge in [-0.25, -0.2) is 9.97 Å². The molecule has 1 rings (SSSR count). The zero-order valence-electron chi connectivity index (χ0n) is 11.2. The van der Waals surface area contributed by atoms with E-state index in [2.05, 4.69) is 20.6 Å². The summed E-state index contributed by atoms with van der Waals surface area (Å²) in [6.45, 7) is 5.43. The monoisotopic (exact) mass is 288 g/mol. The van der Waals surface area contributed by atoms with Gasteiger partial charge < -0.3 is 10.6 Å². The van der Waals surface area contributed by atoms with Crippen molar-refractivity contribution < 1.29 is 4.21 Å². The van der Waals surface area contributed by atoms with Gasteiger partial charge >= 0.3 is 0 Å². The minimum atomic E-state index is -0.827. The van der Waals surface area contributed by atoms with E-state index in [-0.39, 0.29) is 5.25 Å². The van der Waals surface area contributed by atoms with E-state index < -0.39 is 10.8 Å². The van der Waals surface area contributed by atoms with E-state index in [1.54, 1.807) is 6.26 Å². The van der Waals surface area contributed by atoms with E-state index in [9.17, 15) is 4.21 Å². The first-order valence-corrected chi connectivity index (χ1v) is 8.64. The summed E-state index contributed by atoms with van der Waals surface area (Å²) in [4.78, 5) is 8.71. The lowest BCUT2D eigenvalue weighted by atomic mass is 10.4. The van der Waals surface area contributed by atoms with Crippen molar-refractivity contribution >= 4 is 34.2 Å². The van der Waals surface area contributed by atoms with Crippen LogP contribution in [0.2, 0.25) is 0 Å². The van der Waals surface area contributed by atoms with E-state index in [0.717, 1.165) is 23.3 Å². The molecule has 0 spiro atoms. The van der Waals surface area contributed by atoms with Gasteiger partial charge in [0.1, 0.15) is 11.6 Å². The molecular formula is C11H20N4OS2. The number of aromatic nitrogens is 2. The van der Waals surface area contributed by atoms with Crippen molar-refractivity contribution in [1.82, 2.24) is 9.97 Å². The third kappa shape index (κ3) is 4.81. The van der Waals surface area contributed by atoms with Crippen molar-refractivity contribution in [3.05, 3.63) is 6.07 Å². The summed E-state index contributed by atoms with van der Waals surface area (Å²) in [7, 11) is -0.827. The summed E-state index contributed by atoms with van der Waals surface area (Å²) < 4.78 is 11.3. The van der Waals surface area contributed by atoms with Crippen LogP contribution in [0.15, 0.2) is 11.2 Å². The van der Waals surface area contributed by atoms with E-state index >= 15 is 0 Å². The number of thioether (sulfide) groups is 1. The molecule has 0 radical (unpaired) electrons. The molecule has 0 aromatic carbocycles. The van der Waals surface area contributed by atoms with Gasteiger partial charge in [-0.15, -0.1) is 0 Å².